The highest BCUT2D eigenvalue weighted by Gasteiger charge is 2.24. The molecule has 0 spiro atoms. The second kappa shape index (κ2) is 8.49. The summed E-state index contributed by atoms with van der Waals surface area (Å²) in [6.07, 6.45) is 2.57. The third-order valence-electron chi connectivity index (χ3n) is 3.84. The van der Waals surface area contributed by atoms with Crippen LogP contribution in [-0.2, 0) is 25.5 Å². The van der Waals surface area contributed by atoms with Crippen LogP contribution in [0.5, 0.6) is 5.75 Å². The predicted molar refractivity (Wildman–Crippen MR) is 90.2 cm³/mol. The van der Waals surface area contributed by atoms with Gasteiger partial charge in [-0.3, -0.25) is 4.79 Å². The lowest BCUT2D eigenvalue weighted by molar-refractivity contribution is -0.157. The molecule has 0 saturated carbocycles. The van der Waals surface area contributed by atoms with Crippen molar-refractivity contribution >= 4 is 17.6 Å². The fourth-order valence-corrected chi connectivity index (χ4v) is 2.57. The molecule has 0 saturated heterocycles. The van der Waals surface area contributed by atoms with Gasteiger partial charge in [0.1, 0.15) is 5.75 Å². The van der Waals surface area contributed by atoms with Gasteiger partial charge in [-0.05, 0) is 43.5 Å². The Morgan fingerprint density at radius 2 is 2.21 bits per heavy atom. The molecular formula is C18H23NO5. The molecule has 24 heavy (non-hydrogen) atoms. The molecule has 0 N–H and O–H groups in total. The first-order chi connectivity index (χ1) is 11.6. The summed E-state index contributed by atoms with van der Waals surface area (Å²) in [4.78, 5) is 25.9. The Labute approximate surface area is 142 Å². The summed E-state index contributed by atoms with van der Waals surface area (Å²) in [6, 6.07) is 5.62. The molecule has 2 rings (SSSR count). The van der Waals surface area contributed by atoms with E-state index in [1.165, 1.54) is 0 Å². The number of ether oxygens (including phenoxy) is 3. The van der Waals surface area contributed by atoms with E-state index < -0.39 is 12.1 Å². The molecule has 1 aliphatic rings. The highest BCUT2D eigenvalue weighted by Crippen LogP contribution is 2.30. The molecule has 1 aromatic carbocycles. The third-order valence-corrected chi connectivity index (χ3v) is 3.84. The van der Waals surface area contributed by atoms with Crippen molar-refractivity contribution < 1.29 is 23.8 Å². The van der Waals surface area contributed by atoms with Crippen LogP contribution in [-0.4, -0.2) is 44.8 Å². The molecule has 0 aromatic heterocycles. The summed E-state index contributed by atoms with van der Waals surface area (Å²) in [5.74, 6) is -0.0368. The molecule has 0 bridgehead atoms. The van der Waals surface area contributed by atoms with Crippen LogP contribution in [0.4, 0.5) is 5.69 Å². The Kier molecular flexibility index (Phi) is 6.37. The van der Waals surface area contributed by atoms with Gasteiger partial charge in [0.25, 0.3) is 5.91 Å². The molecule has 1 heterocycles. The fourth-order valence-electron chi connectivity index (χ4n) is 2.57. The van der Waals surface area contributed by atoms with Crippen LogP contribution < -0.4 is 9.64 Å². The monoisotopic (exact) mass is 333 g/mol. The van der Waals surface area contributed by atoms with Crippen molar-refractivity contribution in [3.05, 3.63) is 36.4 Å². The van der Waals surface area contributed by atoms with Crippen LogP contribution in [0.3, 0.4) is 0 Å². The van der Waals surface area contributed by atoms with E-state index in [4.69, 9.17) is 14.2 Å². The van der Waals surface area contributed by atoms with Gasteiger partial charge >= 0.3 is 5.97 Å². The highest BCUT2D eigenvalue weighted by atomic mass is 16.6. The minimum Gasteiger partial charge on any atom is -0.497 e. The number of amides is 1. The molecule has 0 aliphatic carbocycles. The molecule has 1 amide bonds. The van der Waals surface area contributed by atoms with Crippen molar-refractivity contribution in [2.45, 2.75) is 25.9 Å². The van der Waals surface area contributed by atoms with E-state index in [2.05, 4.69) is 6.58 Å². The topological polar surface area (TPSA) is 65.1 Å². The Hall–Kier alpha value is -2.34. The highest BCUT2D eigenvalue weighted by molar-refractivity contribution is 5.96. The number of aryl methyl sites for hydroxylation is 1. The normalized spacial score (nSPS) is 14.5. The molecule has 1 aromatic rings. The number of anilines is 1. The first-order valence-corrected chi connectivity index (χ1v) is 7.93. The van der Waals surface area contributed by atoms with Gasteiger partial charge in [-0.15, -0.1) is 6.58 Å². The molecule has 130 valence electrons. The number of methoxy groups -OCH3 is 1. The van der Waals surface area contributed by atoms with Crippen LogP contribution in [0, 0.1) is 0 Å². The standard InChI is InChI=1S/C18H23NO5/c1-4-10-23-13(2)18(21)24-12-17(20)19-9-5-6-14-11-15(22-3)7-8-16(14)19/h4,7-8,11,13H,1,5-6,9-10,12H2,2-3H3. The Bertz CT molecular complexity index is 613. The lowest BCUT2D eigenvalue weighted by atomic mass is 10.0. The summed E-state index contributed by atoms with van der Waals surface area (Å²) >= 11 is 0. The van der Waals surface area contributed by atoms with Crippen molar-refractivity contribution in [2.24, 2.45) is 0 Å². The lowest BCUT2D eigenvalue weighted by Crippen LogP contribution is -2.39. The second-order valence-electron chi connectivity index (χ2n) is 5.52. The minimum atomic E-state index is -0.728. The van der Waals surface area contributed by atoms with Gasteiger partial charge < -0.3 is 19.1 Å². The van der Waals surface area contributed by atoms with Gasteiger partial charge in [-0.25, -0.2) is 4.79 Å². The zero-order chi connectivity index (χ0) is 17.5. The maximum atomic E-state index is 12.4. The van der Waals surface area contributed by atoms with Crippen LogP contribution in [0.1, 0.15) is 18.9 Å². The van der Waals surface area contributed by atoms with Gasteiger partial charge in [-0.2, -0.15) is 0 Å². The number of fused-ring (bicyclic) bond motifs is 1. The summed E-state index contributed by atoms with van der Waals surface area (Å²) in [6.45, 7) is 5.66. The number of benzene rings is 1. The molecule has 6 heteroatoms. The fraction of sp³-hybridized carbons (Fsp3) is 0.444. The van der Waals surface area contributed by atoms with Crippen molar-refractivity contribution in [1.29, 1.82) is 0 Å². The predicted octanol–water partition coefficient (Wildman–Crippen LogP) is 2.11. The number of nitrogens with zero attached hydrogens (tertiary/aromatic N) is 1. The van der Waals surface area contributed by atoms with Crippen LogP contribution in [0.15, 0.2) is 30.9 Å². The smallest absolute Gasteiger partial charge is 0.335 e. The Balaban J connectivity index is 1.96. The van der Waals surface area contributed by atoms with Gasteiger partial charge in [-0.1, -0.05) is 6.08 Å². The first kappa shape index (κ1) is 18.0. The largest absolute Gasteiger partial charge is 0.497 e. The SMILES string of the molecule is C=CCOC(C)C(=O)OCC(=O)N1CCCc2cc(OC)ccc21. The van der Waals surface area contributed by atoms with E-state index in [1.807, 2.05) is 18.2 Å². The molecule has 0 fully saturated rings. The number of rotatable bonds is 7. The molecular weight excluding hydrogens is 310 g/mol. The maximum absolute atomic E-state index is 12.4. The van der Waals surface area contributed by atoms with Crippen LogP contribution >= 0.6 is 0 Å². The first-order valence-electron chi connectivity index (χ1n) is 7.93. The van der Waals surface area contributed by atoms with Crippen molar-refractivity contribution in [2.75, 3.05) is 31.8 Å². The van der Waals surface area contributed by atoms with E-state index in [9.17, 15) is 9.59 Å². The van der Waals surface area contributed by atoms with E-state index in [0.717, 1.165) is 29.8 Å². The molecule has 1 unspecified atom stereocenters. The minimum absolute atomic E-state index is 0.245. The quantitative estimate of drug-likeness (QED) is 0.565. The van der Waals surface area contributed by atoms with Gasteiger partial charge in [0.2, 0.25) is 0 Å². The van der Waals surface area contributed by atoms with Crippen molar-refractivity contribution in [1.82, 2.24) is 0 Å². The third kappa shape index (κ3) is 4.35. The molecule has 1 aliphatic heterocycles. The van der Waals surface area contributed by atoms with E-state index in [1.54, 1.807) is 25.0 Å². The summed E-state index contributed by atoms with van der Waals surface area (Å²) in [5.41, 5.74) is 1.90. The average molecular weight is 333 g/mol. The second-order valence-corrected chi connectivity index (χ2v) is 5.52. The summed E-state index contributed by atoms with van der Waals surface area (Å²) in [7, 11) is 1.61. The van der Waals surface area contributed by atoms with E-state index >= 15 is 0 Å². The number of esters is 1. The Morgan fingerprint density at radius 3 is 2.92 bits per heavy atom. The number of hydrogen-bond acceptors (Lipinski definition) is 5. The van der Waals surface area contributed by atoms with Crippen molar-refractivity contribution in [3.63, 3.8) is 0 Å². The van der Waals surface area contributed by atoms with Crippen LogP contribution in [0.25, 0.3) is 0 Å². The number of hydrogen-bond donors (Lipinski definition) is 0. The van der Waals surface area contributed by atoms with E-state index in [-0.39, 0.29) is 19.1 Å². The van der Waals surface area contributed by atoms with Crippen LogP contribution in [0.2, 0.25) is 0 Å². The molecule has 0 radical (unpaired) electrons. The summed E-state index contributed by atoms with van der Waals surface area (Å²) in [5, 5.41) is 0. The molecule has 6 nitrogen and oxygen atoms in total. The Morgan fingerprint density at radius 1 is 1.42 bits per heavy atom. The lowest BCUT2D eigenvalue weighted by Gasteiger charge is -2.29. The maximum Gasteiger partial charge on any atom is 0.335 e. The number of carbonyl (C=O) groups excluding carboxylic acids is 2. The van der Waals surface area contributed by atoms with Gasteiger partial charge in [0, 0.05) is 12.2 Å². The van der Waals surface area contributed by atoms with E-state index in [0.29, 0.717) is 6.54 Å². The zero-order valence-electron chi connectivity index (χ0n) is 14.1. The van der Waals surface area contributed by atoms with Crippen molar-refractivity contribution in [3.8, 4) is 5.75 Å². The number of carbonyl (C=O) groups is 2. The zero-order valence-corrected chi connectivity index (χ0v) is 14.1. The average Bonchev–Trinajstić information content (AvgIpc) is 2.62. The molecule has 1 atom stereocenters. The van der Waals surface area contributed by atoms with Gasteiger partial charge in [0.05, 0.1) is 13.7 Å². The van der Waals surface area contributed by atoms with Gasteiger partial charge in [0.15, 0.2) is 12.7 Å². The summed E-state index contributed by atoms with van der Waals surface area (Å²) < 4.78 is 15.5.